The van der Waals surface area contributed by atoms with Crippen LogP contribution in [0.5, 0.6) is 0 Å². The summed E-state index contributed by atoms with van der Waals surface area (Å²) in [6, 6.07) is 1.38. The Labute approximate surface area is 108 Å². The molecule has 2 heterocycles. The fourth-order valence-electron chi connectivity index (χ4n) is 1.53. The first-order chi connectivity index (χ1) is 9.06. The van der Waals surface area contributed by atoms with Crippen molar-refractivity contribution in [3.05, 3.63) is 24.0 Å². The molecule has 0 saturated carbocycles. The molecule has 8 heteroatoms. The van der Waals surface area contributed by atoms with Gasteiger partial charge in [0, 0.05) is 6.20 Å². The summed E-state index contributed by atoms with van der Waals surface area (Å²) in [5, 5.41) is 23.6. The van der Waals surface area contributed by atoms with Crippen molar-refractivity contribution >= 4 is 17.6 Å². The standard InChI is InChI=1S/C11H13FN4O3/c12-8-4-14-11(15-5-9(8)17)16-7-1-6(10(18)19)2-13-3-7/h1-3,8-9,17H,4-5H2,(H,18,19)(H2,14,15,16). The van der Waals surface area contributed by atoms with Crippen LogP contribution in [-0.2, 0) is 0 Å². The van der Waals surface area contributed by atoms with Gasteiger partial charge in [0.15, 0.2) is 5.96 Å². The summed E-state index contributed by atoms with van der Waals surface area (Å²) >= 11 is 0. The fourth-order valence-corrected chi connectivity index (χ4v) is 1.53. The van der Waals surface area contributed by atoms with Gasteiger partial charge in [0.1, 0.15) is 12.3 Å². The monoisotopic (exact) mass is 268 g/mol. The van der Waals surface area contributed by atoms with E-state index >= 15 is 0 Å². The van der Waals surface area contributed by atoms with E-state index in [4.69, 9.17) is 5.11 Å². The van der Waals surface area contributed by atoms with E-state index in [1.807, 2.05) is 0 Å². The fraction of sp³-hybridized carbons (Fsp3) is 0.364. The van der Waals surface area contributed by atoms with E-state index in [1.165, 1.54) is 18.5 Å². The van der Waals surface area contributed by atoms with Crippen LogP contribution in [0.4, 0.5) is 10.1 Å². The third-order valence-corrected chi connectivity index (χ3v) is 2.57. The van der Waals surface area contributed by atoms with E-state index in [0.717, 1.165) is 0 Å². The second-order valence-corrected chi connectivity index (χ2v) is 4.05. The highest BCUT2D eigenvalue weighted by Gasteiger charge is 2.21. The van der Waals surface area contributed by atoms with E-state index in [2.05, 4.69) is 20.6 Å². The van der Waals surface area contributed by atoms with Crippen LogP contribution in [0.25, 0.3) is 0 Å². The third kappa shape index (κ3) is 3.38. The minimum atomic E-state index is -1.40. The number of alkyl halides is 1. The van der Waals surface area contributed by atoms with E-state index in [9.17, 15) is 14.3 Å². The second kappa shape index (κ2) is 5.61. The van der Waals surface area contributed by atoms with E-state index in [0.29, 0.717) is 5.69 Å². The number of nitrogens with one attached hydrogen (secondary N) is 2. The number of rotatable bonds is 2. The average Bonchev–Trinajstić information content (AvgIpc) is 2.55. The number of aliphatic hydroxyl groups excluding tert-OH is 1. The van der Waals surface area contributed by atoms with Gasteiger partial charge < -0.3 is 20.8 Å². The number of halogens is 1. The third-order valence-electron chi connectivity index (χ3n) is 2.57. The molecule has 1 aliphatic rings. The van der Waals surface area contributed by atoms with Crippen LogP contribution >= 0.6 is 0 Å². The van der Waals surface area contributed by atoms with E-state index < -0.39 is 18.2 Å². The number of carboxylic acids is 1. The quantitative estimate of drug-likeness (QED) is 0.594. The zero-order chi connectivity index (χ0) is 13.8. The molecule has 1 aromatic rings. The molecule has 0 spiro atoms. The summed E-state index contributed by atoms with van der Waals surface area (Å²) in [4.78, 5) is 18.5. The van der Waals surface area contributed by atoms with Gasteiger partial charge in [-0.15, -0.1) is 0 Å². The summed E-state index contributed by atoms with van der Waals surface area (Å²) in [6.07, 6.45) is 0.101. The van der Waals surface area contributed by atoms with Crippen LogP contribution in [0.15, 0.2) is 23.5 Å². The number of hydrogen-bond donors (Lipinski definition) is 4. The molecule has 0 fully saturated rings. The normalized spacial score (nSPS) is 22.9. The van der Waals surface area contributed by atoms with E-state index in [1.54, 1.807) is 0 Å². The van der Waals surface area contributed by atoms with Gasteiger partial charge in [-0.05, 0) is 6.07 Å². The molecule has 0 bridgehead atoms. The van der Waals surface area contributed by atoms with Gasteiger partial charge in [-0.1, -0.05) is 0 Å². The van der Waals surface area contributed by atoms with Crippen LogP contribution in [-0.4, -0.2) is 52.5 Å². The number of aliphatic imine (C=N–C) groups is 1. The van der Waals surface area contributed by atoms with Crippen molar-refractivity contribution < 1.29 is 19.4 Å². The molecule has 19 heavy (non-hydrogen) atoms. The zero-order valence-corrected chi connectivity index (χ0v) is 9.88. The molecule has 2 unspecified atom stereocenters. The number of pyridine rings is 1. The molecule has 7 nitrogen and oxygen atoms in total. The molecule has 1 aromatic heterocycles. The molecule has 0 amide bonds. The lowest BCUT2D eigenvalue weighted by molar-refractivity contribution is 0.0696. The summed E-state index contributed by atoms with van der Waals surface area (Å²) in [5.41, 5.74) is 0.445. The summed E-state index contributed by atoms with van der Waals surface area (Å²) < 4.78 is 13.2. The van der Waals surface area contributed by atoms with Crippen molar-refractivity contribution in [2.24, 2.45) is 4.99 Å². The Balaban J connectivity index is 2.08. The van der Waals surface area contributed by atoms with Crippen LogP contribution in [0.1, 0.15) is 10.4 Å². The van der Waals surface area contributed by atoms with Gasteiger partial charge in [0.2, 0.25) is 0 Å². The second-order valence-electron chi connectivity index (χ2n) is 4.05. The van der Waals surface area contributed by atoms with Gasteiger partial charge >= 0.3 is 5.97 Å². The lowest BCUT2D eigenvalue weighted by atomic mass is 10.2. The molecule has 0 aliphatic carbocycles. The number of aromatic nitrogens is 1. The Morgan fingerprint density at radius 1 is 1.53 bits per heavy atom. The predicted octanol–water partition coefficient (Wildman–Crippen LogP) is -0.150. The lowest BCUT2D eigenvalue weighted by Gasteiger charge is -2.11. The van der Waals surface area contributed by atoms with Crippen LogP contribution in [0.2, 0.25) is 0 Å². The molecule has 2 rings (SSSR count). The van der Waals surface area contributed by atoms with Gasteiger partial charge in [-0.2, -0.15) is 0 Å². The molecule has 0 saturated heterocycles. The highest BCUT2D eigenvalue weighted by Crippen LogP contribution is 2.09. The van der Waals surface area contributed by atoms with Crippen LogP contribution < -0.4 is 10.6 Å². The SMILES string of the molecule is O=C(O)c1cncc(NC2=NCC(O)C(F)CN2)c1. The van der Waals surface area contributed by atoms with Gasteiger partial charge in [-0.3, -0.25) is 9.98 Å². The number of guanidine groups is 1. The summed E-state index contributed by atoms with van der Waals surface area (Å²) in [6.45, 7) is -0.137. The summed E-state index contributed by atoms with van der Waals surface area (Å²) in [7, 11) is 0. The predicted molar refractivity (Wildman–Crippen MR) is 66.0 cm³/mol. The zero-order valence-electron chi connectivity index (χ0n) is 9.88. The topological polar surface area (TPSA) is 107 Å². The number of carboxylic acid groups (broad SMARTS) is 1. The van der Waals surface area contributed by atoms with E-state index in [-0.39, 0.29) is 24.6 Å². The first kappa shape index (κ1) is 13.2. The van der Waals surface area contributed by atoms with Crippen molar-refractivity contribution in [2.45, 2.75) is 12.3 Å². The molecule has 1 aliphatic heterocycles. The average molecular weight is 268 g/mol. The maximum Gasteiger partial charge on any atom is 0.337 e. The molecule has 0 radical (unpaired) electrons. The molecule has 2 atom stereocenters. The number of hydrogen-bond acceptors (Lipinski definition) is 6. The largest absolute Gasteiger partial charge is 0.478 e. The van der Waals surface area contributed by atoms with Crippen molar-refractivity contribution in [2.75, 3.05) is 18.4 Å². The molecule has 4 N–H and O–H groups in total. The maximum absolute atomic E-state index is 13.2. The molecule has 102 valence electrons. The van der Waals surface area contributed by atoms with Crippen LogP contribution in [0, 0.1) is 0 Å². The first-order valence-electron chi connectivity index (χ1n) is 5.62. The van der Waals surface area contributed by atoms with Crippen molar-refractivity contribution in [1.29, 1.82) is 0 Å². The van der Waals surface area contributed by atoms with Gasteiger partial charge in [0.25, 0.3) is 0 Å². The Kier molecular flexibility index (Phi) is 3.91. The molecular weight excluding hydrogens is 255 g/mol. The van der Waals surface area contributed by atoms with Crippen molar-refractivity contribution in [3.63, 3.8) is 0 Å². The Bertz CT molecular complexity index is 508. The Hall–Kier alpha value is -2.22. The number of nitrogens with zero attached hydrogens (tertiary/aromatic N) is 2. The number of carbonyl (C=O) groups is 1. The Morgan fingerprint density at radius 3 is 3.05 bits per heavy atom. The van der Waals surface area contributed by atoms with Crippen molar-refractivity contribution in [1.82, 2.24) is 10.3 Å². The molecule has 0 aromatic carbocycles. The number of anilines is 1. The smallest absolute Gasteiger partial charge is 0.337 e. The van der Waals surface area contributed by atoms with Crippen LogP contribution in [0.3, 0.4) is 0 Å². The highest BCUT2D eigenvalue weighted by molar-refractivity contribution is 5.95. The van der Waals surface area contributed by atoms with Gasteiger partial charge in [0.05, 0.1) is 30.5 Å². The van der Waals surface area contributed by atoms with Crippen molar-refractivity contribution in [3.8, 4) is 0 Å². The minimum Gasteiger partial charge on any atom is -0.478 e. The maximum atomic E-state index is 13.2. The minimum absolute atomic E-state index is 0.0302. The number of aliphatic hydroxyl groups is 1. The molecular formula is C11H13FN4O3. The number of aromatic carboxylic acids is 1. The summed E-state index contributed by atoms with van der Waals surface area (Å²) in [5.74, 6) is -0.824. The highest BCUT2D eigenvalue weighted by atomic mass is 19.1. The first-order valence-corrected chi connectivity index (χ1v) is 5.62. The Morgan fingerprint density at radius 2 is 2.32 bits per heavy atom. The van der Waals surface area contributed by atoms with Gasteiger partial charge in [-0.25, -0.2) is 9.18 Å². The lowest BCUT2D eigenvalue weighted by Crippen LogP contribution is -2.36.